The molecule has 2 aliphatic rings. The van der Waals surface area contributed by atoms with Gasteiger partial charge in [-0.25, -0.2) is 0 Å². The molecule has 1 aromatic carbocycles. The van der Waals surface area contributed by atoms with Crippen molar-refractivity contribution in [1.82, 2.24) is 10.6 Å². The summed E-state index contributed by atoms with van der Waals surface area (Å²) in [5.41, 5.74) is 2.00. The smallest absolute Gasteiger partial charge is 0.242 e. The second-order valence-electron chi connectivity index (χ2n) is 5.53. The van der Waals surface area contributed by atoms with Crippen molar-refractivity contribution in [3.05, 3.63) is 29.8 Å². The van der Waals surface area contributed by atoms with E-state index in [-0.39, 0.29) is 17.7 Å². The molecule has 0 radical (unpaired) electrons. The van der Waals surface area contributed by atoms with Crippen molar-refractivity contribution in [1.29, 1.82) is 0 Å². The van der Waals surface area contributed by atoms with Gasteiger partial charge in [0.1, 0.15) is 6.04 Å². The minimum absolute atomic E-state index is 0.0964. The minimum atomic E-state index is -0.490. The molecule has 1 aliphatic heterocycles. The van der Waals surface area contributed by atoms with Crippen molar-refractivity contribution in [2.45, 2.75) is 37.8 Å². The van der Waals surface area contributed by atoms with E-state index < -0.39 is 6.04 Å². The van der Waals surface area contributed by atoms with Crippen LogP contribution in [0.1, 0.15) is 31.2 Å². The zero-order chi connectivity index (χ0) is 14.1. The van der Waals surface area contributed by atoms with Crippen molar-refractivity contribution in [2.75, 3.05) is 11.9 Å². The largest absolute Gasteiger partial charge is 0.384 e. The SMILES string of the molecule is CC(NC(=O)C1CNc2ccccc21)C(=O)NC1CC1. The maximum atomic E-state index is 12.3. The molecule has 3 N–H and O–H groups in total. The number of para-hydroxylation sites is 1. The van der Waals surface area contributed by atoms with E-state index in [0.29, 0.717) is 12.6 Å². The van der Waals surface area contributed by atoms with Crippen LogP contribution in [0.25, 0.3) is 0 Å². The fourth-order valence-electron chi connectivity index (χ4n) is 2.45. The van der Waals surface area contributed by atoms with Gasteiger partial charge in [-0.2, -0.15) is 0 Å². The van der Waals surface area contributed by atoms with E-state index in [1.54, 1.807) is 6.92 Å². The second kappa shape index (κ2) is 5.15. The molecule has 3 rings (SSSR count). The summed E-state index contributed by atoms with van der Waals surface area (Å²) in [7, 11) is 0. The molecule has 0 saturated heterocycles. The fourth-order valence-corrected chi connectivity index (χ4v) is 2.45. The molecule has 106 valence electrons. The van der Waals surface area contributed by atoms with Gasteiger partial charge in [-0.05, 0) is 31.4 Å². The molecule has 0 bridgehead atoms. The molecule has 2 unspecified atom stereocenters. The van der Waals surface area contributed by atoms with Crippen LogP contribution in [0.2, 0.25) is 0 Å². The second-order valence-corrected chi connectivity index (χ2v) is 5.53. The van der Waals surface area contributed by atoms with Crippen molar-refractivity contribution >= 4 is 17.5 Å². The molecule has 1 aliphatic carbocycles. The van der Waals surface area contributed by atoms with E-state index in [2.05, 4.69) is 16.0 Å². The number of hydrogen-bond donors (Lipinski definition) is 3. The molecule has 2 amide bonds. The van der Waals surface area contributed by atoms with Gasteiger partial charge in [0.25, 0.3) is 0 Å². The number of fused-ring (bicyclic) bond motifs is 1. The third kappa shape index (κ3) is 2.61. The number of carbonyl (C=O) groups is 2. The average Bonchev–Trinajstić information content (AvgIpc) is 3.14. The zero-order valence-electron chi connectivity index (χ0n) is 11.5. The first-order chi connectivity index (χ1) is 9.65. The van der Waals surface area contributed by atoms with Crippen molar-refractivity contribution < 1.29 is 9.59 Å². The predicted molar refractivity (Wildman–Crippen MR) is 76.4 cm³/mol. The molecular formula is C15H19N3O2. The van der Waals surface area contributed by atoms with Crippen LogP contribution in [-0.4, -0.2) is 30.4 Å². The quantitative estimate of drug-likeness (QED) is 0.766. The highest BCUT2D eigenvalue weighted by molar-refractivity contribution is 5.92. The summed E-state index contributed by atoms with van der Waals surface area (Å²) >= 11 is 0. The summed E-state index contributed by atoms with van der Waals surface area (Å²) in [6, 6.07) is 7.61. The van der Waals surface area contributed by atoms with Crippen LogP contribution in [0, 0.1) is 0 Å². The van der Waals surface area contributed by atoms with E-state index in [0.717, 1.165) is 24.1 Å². The maximum Gasteiger partial charge on any atom is 0.242 e. The first-order valence-electron chi connectivity index (χ1n) is 7.08. The molecule has 20 heavy (non-hydrogen) atoms. The molecule has 5 nitrogen and oxygen atoms in total. The minimum Gasteiger partial charge on any atom is -0.384 e. The Hall–Kier alpha value is -2.04. The summed E-state index contributed by atoms with van der Waals surface area (Å²) in [5.74, 6) is -0.414. The van der Waals surface area contributed by atoms with Gasteiger partial charge >= 0.3 is 0 Å². The van der Waals surface area contributed by atoms with Crippen LogP contribution in [0.15, 0.2) is 24.3 Å². The number of anilines is 1. The van der Waals surface area contributed by atoms with Crippen LogP contribution >= 0.6 is 0 Å². The van der Waals surface area contributed by atoms with Gasteiger partial charge in [-0.1, -0.05) is 18.2 Å². The third-order valence-electron chi connectivity index (χ3n) is 3.83. The lowest BCUT2D eigenvalue weighted by Crippen LogP contribution is -2.47. The first-order valence-corrected chi connectivity index (χ1v) is 7.08. The topological polar surface area (TPSA) is 70.2 Å². The van der Waals surface area contributed by atoms with Crippen LogP contribution in [0.3, 0.4) is 0 Å². The van der Waals surface area contributed by atoms with Gasteiger partial charge < -0.3 is 16.0 Å². The molecule has 2 atom stereocenters. The van der Waals surface area contributed by atoms with Crippen LogP contribution in [0.5, 0.6) is 0 Å². The summed E-state index contributed by atoms with van der Waals surface area (Å²) in [5, 5.41) is 8.92. The summed E-state index contributed by atoms with van der Waals surface area (Å²) in [6.07, 6.45) is 2.10. The number of benzene rings is 1. The van der Waals surface area contributed by atoms with Crippen molar-refractivity contribution in [2.24, 2.45) is 0 Å². The number of rotatable bonds is 4. The number of nitrogens with one attached hydrogen (secondary N) is 3. The summed E-state index contributed by atoms with van der Waals surface area (Å²) in [6.45, 7) is 2.31. The van der Waals surface area contributed by atoms with Crippen molar-refractivity contribution in [3.8, 4) is 0 Å². The monoisotopic (exact) mass is 273 g/mol. The highest BCUT2D eigenvalue weighted by atomic mass is 16.2. The normalized spacial score (nSPS) is 21.6. The van der Waals surface area contributed by atoms with Gasteiger partial charge in [-0.15, -0.1) is 0 Å². The van der Waals surface area contributed by atoms with Gasteiger partial charge in [0.2, 0.25) is 11.8 Å². The third-order valence-corrected chi connectivity index (χ3v) is 3.83. The molecule has 1 aromatic rings. The molecule has 0 spiro atoms. The molecule has 1 heterocycles. The predicted octanol–water partition coefficient (Wildman–Crippen LogP) is 0.979. The Kier molecular flexibility index (Phi) is 3.34. The van der Waals surface area contributed by atoms with Gasteiger partial charge in [0.15, 0.2) is 0 Å². The molecule has 1 saturated carbocycles. The van der Waals surface area contributed by atoms with Crippen LogP contribution in [0.4, 0.5) is 5.69 Å². The standard InChI is InChI=1S/C15H19N3O2/c1-9(14(19)18-10-6-7-10)17-15(20)12-8-16-13-5-3-2-4-11(12)13/h2-5,9-10,12,16H,6-8H2,1H3,(H,17,20)(H,18,19). The lowest BCUT2D eigenvalue weighted by Gasteiger charge is -2.17. The average molecular weight is 273 g/mol. The first kappa shape index (κ1) is 13.0. The summed E-state index contributed by atoms with van der Waals surface area (Å²) < 4.78 is 0. The molecule has 5 heteroatoms. The lowest BCUT2D eigenvalue weighted by atomic mass is 10.0. The Morgan fingerprint density at radius 1 is 1.30 bits per heavy atom. The number of hydrogen-bond acceptors (Lipinski definition) is 3. The van der Waals surface area contributed by atoms with Gasteiger partial charge in [0, 0.05) is 18.3 Å². The summed E-state index contributed by atoms with van der Waals surface area (Å²) in [4.78, 5) is 24.1. The number of amides is 2. The Morgan fingerprint density at radius 3 is 2.80 bits per heavy atom. The van der Waals surface area contributed by atoms with E-state index in [4.69, 9.17) is 0 Å². The highest BCUT2D eigenvalue weighted by Gasteiger charge is 2.31. The maximum absolute atomic E-state index is 12.3. The van der Waals surface area contributed by atoms with E-state index in [1.165, 1.54) is 0 Å². The Balaban J connectivity index is 1.60. The van der Waals surface area contributed by atoms with Crippen LogP contribution < -0.4 is 16.0 Å². The molecule has 1 fully saturated rings. The Labute approximate surface area is 118 Å². The highest BCUT2D eigenvalue weighted by Crippen LogP contribution is 2.31. The van der Waals surface area contributed by atoms with Gasteiger partial charge in [-0.3, -0.25) is 9.59 Å². The van der Waals surface area contributed by atoms with Gasteiger partial charge in [0.05, 0.1) is 5.92 Å². The zero-order valence-corrected chi connectivity index (χ0v) is 11.5. The van der Waals surface area contributed by atoms with E-state index >= 15 is 0 Å². The van der Waals surface area contributed by atoms with E-state index in [9.17, 15) is 9.59 Å². The van der Waals surface area contributed by atoms with E-state index in [1.807, 2.05) is 24.3 Å². The molecular weight excluding hydrogens is 254 g/mol. The Morgan fingerprint density at radius 2 is 2.05 bits per heavy atom. The Bertz CT molecular complexity index is 540. The van der Waals surface area contributed by atoms with Crippen LogP contribution in [-0.2, 0) is 9.59 Å². The molecule has 0 aromatic heterocycles. The van der Waals surface area contributed by atoms with Crippen molar-refractivity contribution in [3.63, 3.8) is 0 Å². The lowest BCUT2D eigenvalue weighted by molar-refractivity contribution is -0.129. The fraction of sp³-hybridized carbons (Fsp3) is 0.467. The number of carbonyl (C=O) groups excluding carboxylic acids is 2.